The maximum atomic E-state index is 12.6. The molecule has 1 N–H and O–H groups in total. The number of hydrogen-bond donors (Lipinski definition) is 1. The Bertz CT molecular complexity index is 1440. The first-order chi connectivity index (χ1) is 17.1. The van der Waals surface area contributed by atoms with Gasteiger partial charge in [-0.2, -0.15) is 5.26 Å². The van der Waals surface area contributed by atoms with Crippen molar-refractivity contribution in [3.63, 3.8) is 0 Å². The number of amides is 1. The first kappa shape index (κ1) is 25.8. The van der Waals surface area contributed by atoms with E-state index >= 15 is 0 Å². The summed E-state index contributed by atoms with van der Waals surface area (Å²) in [6.45, 7) is 3.81. The number of carbonyl (C=O) groups excluding carboxylic acids is 1. The average molecular weight is 526 g/mol. The fourth-order valence-corrected chi connectivity index (χ4v) is 6.32. The Hall–Kier alpha value is -3.33. The van der Waals surface area contributed by atoms with Gasteiger partial charge in [0.15, 0.2) is 0 Å². The van der Waals surface area contributed by atoms with Gasteiger partial charge in [0.2, 0.25) is 15.9 Å². The molecule has 0 spiro atoms. The molecule has 188 valence electrons. The molecule has 3 aromatic rings. The Kier molecular flexibility index (Phi) is 7.40. The van der Waals surface area contributed by atoms with E-state index in [0.29, 0.717) is 34.2 Å². The minimum atomic E-state index is -3.78. The molecule has 1 amide bonds. The molecule has 1 aliphatic rings. The van der Waals surface area contributed by atoms with Crippen LogP contribution in [-0.4, -0.2) is 55.4 Å². The summed E-state index contributed by atoms with van der Waals surface area (Å²) < 4.78 is 33.5. The zero-order chi connectivity index (χ0) is 26.0. The number of fused-ring (bicyclic) bond motifs is 1. The molecular formula is C25H27N5O4S2. The maximum absolute atomic E-state index is 12.6. The van der Waals surface area contributed by atoms with Crippen LogP contribution in [0.1, 0.15) is 43.0 Å². The lowest BCUT2D eigenvalue weighted by atomic mass is 10.0. The number of hydrogen-bond acceptors (Lipinski definition) is 8. The fraction of sp³-hybridized carbons (Fsp3) is 0.360. The quantitative estimate of drug-likeness (QED) is 0.477. The van der Waals surface area contributed by atoms with Crippen molar-refractivity contribution in [2.75, 3.05) is 19.8 Å². The van der Waals surface area contributed by atoms with Gasteiger partial charge < -0.3 is 9.64 Å². The van der Waals surface area contributed by atoms with E-state index < -0.39 is 27.7 Å². The molecule has 0 bridgehead atoms. The molecule has 1 aliphatic carbocycles. The van der Waals surface area contributed by atoms with Gasteiger partial charge in [-0.15, -0.1) is 10.2 Å². The lowest BCUT2D eigenvalue weighted by molar-refractivity contribution is -0.125. The van der Waals surface area contributed by atoms with Crippen molar-refractivity contribution in [1.82, 2.24) is 19.8 Å². The molecule has 0 saturated heterocycles. The molecule has 0 aliphatic heterocycles. The second-order valence-electron chi connectivity index (χ2n) is 9.03. The number of nitrogens with one attached hydrogen (secondary N) is 1. The largest absolute Gasteiger partial charge is 0.490 e. The highest BCUT2D eigenvalue weighted by atomic mass is 32.2. The minimum absolute atomic E-state index is 0.0435. The summed E-state index contributed by atoms with van der Waals surface area (Å²) in [6.07, 6.45) is 1.23. The van der Waals surface area contributed by atoms with Gasteiger partial charge in [0.05, 0.1) is 11.7 Å². The third-order valence-corrected chi connectivity index (χ3v) is 8.05. The topological polar surface area (TPSA) is 125 Å². The standard InChI is InChI=1S/C25H27N5O4S2/c1-15(2)34-22-11-8-16(12-17(22)13-26)24-27-28-25(35-24)20-7-5-6-19-18(20)9-10-21(19)29-36(32,33)14-23(31)30(3)4/h5-8,11-12,15,21,29H,9-10,14H2,1-4H3. The van der Waals surface area contributed by atoms with Crippen molar-refractivity contribution in [2.24, 2.45) is 0 Å². The molecule has 1 unspecified atom stereocenters. The Morgan fingerprint density at radius 2 is 2.00 bits per heavy atom. The summed E-state index contributed by atoms with van der Waals surface area (Å²) in [5.74, 6) is -0.529. The summed E-state index contributed by atoms with van der Waals surface area (Å²) in [5.41, 5.74) is 4.01. The summed E-state index contributed by atoms with van der Waals surface area (Å²) in [4.78, 5) is 13.2. The van der Waals surface area contributed by atoms with Gasteiger partial charge in [-0.3, -0.25) is 4.79 Å². The van der Waals surface area contributed by atoms with Crippen LogP contribution in [0.4, 0.5) is 0 Å². The van der Waals surface area contributed by atoms with Gasteiger partial charge in [0.25, 0.3) is 0 Å². The van der Waals surface area contributed by atoms with E-state index in [1.807, 2.05) is 38.1 Å². The number of aromatic nitrogens is 2. The molecule has 1 atom stereocenters. The van der Waals surface area contributed by atoms with Gasteiger partial charge in [-0.05, 0) is 56.0 Å². The van der Waals surface area contributed by atoms with E-state index in [-0.39, 0.29) is 6.10 Å². The summed E-state index contributed by atoms with van der Waals surface area (Å²) in [6, 6.07) is 12.9. The number of nitrogens with zero attached hydrogens (tertiary/aromatic N) is 4. The number of benzene rings is 2. The molecule has 36 heavy (non-hydrogen) atoms. The van der Waals surface area contributed by atoms with E-state index in [9.17, 15) is 18.5 Å². The lowest BCUT2D eigenvalue weighted by Crippen LogP contribution is -2.37. The highest BCUT2D eigenvalue weighted by molar-refractivity contribution is 7.90. The molecule has 4 rings (SSSR count). The van der Waals surface area contributed by atoms with Crippen molar-refractivity contribution >= 4 is 27.3 Å². The second-order valence-corrected chi connectivity index (χ2v) is 11.8. The van der Waals surface area contributed by atoms with Gasteiger partial charge in [0.1, 0.15) is 27.6 Å². The molecule has 2 aromatic carbocycles. The van der Waals surface area contributed by atoms with Crippen LogP contribution in [0.5, 0.6) is 5.75 Å². The number of nitriles is 1. The number of ether oxygens (including phenoxy) is 1. The lowest BCUT2D eigenvalue weighted by Gasteiger charge is -2.16. The predicted molar refractivity (Wildman–Crippen MR) is 138 cm³/mol. The zero-order valence-electron chi connectivity index (χ0n) is 20.5. The van der Waals surface area contributed by atoms with Crippen molar-refractivity contribution < 1.29 is 17.9 Å². The van der Waals surface area contributed by atoms with Gasteiger partial charge in [0, 0.05) is 31.3 Å². The monoisotopic (exact) mass is 525 g/mol. The van der Waals surface area contributed by atoms with E-state index in [0.717, 1.165) is 22.3 Å². The number of sulfonamides is 1. The van der Waals surface area contributed by atoms with Gasteiger partial charge in [-0.25, -0.2) is 13.1 Å². The van der Waals surface area contributed by atoms with Crippen LogP contribution < -0.4 is 9.46 Å². The molecule has 11 heteroatoms. The number of rotatable bonds is 8. The van der Waals surface area contributed by atoms with Crippen LogP contribution in [0.25, 0.3) is 21.1 Å². The van der Waals surface area contributed by atoms with Gasteiger partial charge >= 0.3 is 0 Å². The third kappa shape index (κ3) is 5.56. The smallest absolute Gasteiger partial charge is 0.238 e. The SMILES string of the molecule is CC(C)Oc1ccc(-c2nnc(-c3cccc4c3CCC4NS(=O)(=O)CC(=O)N(C)C)s2)cc1C#N. The zero-order valence-corrected chi connectivity index (χ0v) is 22.1. The first-order valence-electron chi connectivity index (χ1n) is 11.4. The van der Waals surface area contributed by atoms with Crippen molar-refractivity contribution in [1.29, 1.82) is 5.26 Å². The van der Waals surface area contributed by atoms with Crippen LogP contribution in [-0.2, 0) is 21.2 Å². The van der Waals surface area contributed by atoms with Crippen molar-refractivity contribution in [2.45, 2.75) is 38.8 Å². The summed E-state index contributed by atoms with van der Waals surface area (Å²) in [7, 11) is -0.726. The first-order valence-corrected chi connectivity index (χ1v) is 13.9. The fourth-order valence-electron chi connectivity index (χ4n) is 4.08. The van der Waals surface area contributed by atoms with Crippen molar-refractivity contribution in [3.05, 3.63) is 53.1 Å². The second kappa shape index (κ2) is 10.3. The normalized spacial score (nSPS) is 14.9. The average Bonchev–Trinajstić information content (AvgIpc) is 3.46. The van der Waals surface area contributed by atoms with Gasteiger partial charge in [-0.1, -0.05) is 29.5 Å². The highest BCUT2D eigenvalue weighted by Gasteiger charge is 2.30. The Labute approximate surface area is 214 Å². The van der Waals surface area contributed by atoms with Crippen LogP contribution >= 0.6 is 11.3 Å². The molecule has 1 heterocycles. The summed E-state index contributed by atoms with van der Waals surface area (Å²) in [5, 5.41) is 19.7. The van der Waals surface area contributed by atoms with Crippen LogP contribution in [0.15, 0.2) is 36.4 Å². The molecule has 0 saturated carbocycles. The van der Waals surface area contributed by atoms with E-state index in [4.69, 9.17) is 4.74 Å². The predicted octanol–water partition coefficient (Wildman–Crippen LogP) is 3.53. The Balaban J connectivity index is 1.59. The number of carbonyl (C=O) groups is 1. The van der Waals surface area contributed by atoms with Crippen LogP contribution in [0, 0.1) is 11.3 Å². The highest BCUT2D eigenvalue weighted by Crippen LogP contribution is 2.40. The molecule has 1 aromatic heterocycles. The summed E-state index contributed by atoms with van der Waals surface area (Å²) >= 11 is 1.41. The molecular weight excluding hydrogens is 498 g/mol. The van der Waals surface area contributed by atoms with Crippen LogP contribution in [0.2, 0.25) is 0 Å². The van der Waals surface area contributed by atoms with E-state index in [2.05, 4.69) is 21.0 Å². The maximum Gasteiger partial charge on any atom is 0.238 e. The Morgan fingerprint density at radius 3 is 2.69 bits per heavy atom. The third-order valence-electron chi connectivity index (χ3n) is 5.77. The van der Waals surface area contributed by atoms with E-state index in [1.54, 1.807) is 12.1 Å². The molecule has 0 radical (unpaired) electrons. The Morgan fingerprint density at radius 1 is 1.25 bits per heavy atom. The van der Waals surface area contributed by atoms with E-state index in [1.165, 1.54) is 30.3 Å². The molecule has 0 fully saturated rings. The minimum Gasteiger partial charge on any atom is -0.490 e. The van der Waals surface area contributed by atoms with Crippen molar-refractivity contribution in [3.8, 4) is 33.0 Å². The van der Waals surface area contributed by atoms with Crippen LogP contribution in [0.3, 0.4) is 0 Å². The molecule has 9 nitrogen and oxygen atoms in total.